The first kappa shape index (κ1) is 31.6. The third-order valence-electron chi connectivity index (χ3n) is 9.12. The average molecular weight is 618 g/mol. The molecule has 1 aliphatic heterocycles. The molecule has 4 atom stereocenters. The summed E-state index contributed by atoms with van der Waals surface area (Å²) in [5.41, 5.74) is 3.23. The number of ether oxygens (including phenoxy) is 4. The third-order valence-corrected chi connectivity index (χ3v) is 9.12. The highest BCUT2D eigenvalue weighted by molar-refractivity contribution is 6.10. The summed E-state index contributed by atoms with van der Waals surface area (Å²) in [5, 5.41) is 25.9. The van der Waals surface area contributed by atoms with Crippen LogP contribution in [0.2, 0.25) is 0 Å². The van der Waals surface area contributed by atoms with E-state index in [0.29, 0.717) is 43.8 Å². The fourth-order valence-corrected chi connectivity index (χ4v) is 6.81. The van der Waals surface area contributed by atoms with Crippen LogP contribution in [-0.4, -0.2) is 97.6 Å². The Kier molecular flexibility index (Phi) is 10.8. The summed E-state index contributed by atoms with van der Waals surface area (Å²) in [4.78, 5) is 5.85. The number of fused-ring (bicyclic) bond motifs is 3. The highest BCUT2D eigenvalue weighted by Gasteiger charge is 2.34. The number of aliphatic hydroxyl groups excluding tert-OH is 2. The topological polar surface area (TPSA) is 108 Å². The van der Waals surface area contributed by atoms with Gasteiger partial charge in [-0.15, -0.1) is 0 Å². The van der Waals surface area contributed by atoms with Crippen molar-refractivity contribution in [2.75, 3.05) is 53.1 Å². The van der Waals surface area contributed by atoms with Gasteiger partial charge in [0.1, 0.15) is 25.1 Å². The van der Waals surface area contributed by atoms with Crippen LogP contribution in [0.5, 0.6) is 17.2 Å². The molecule has 9 heteroatoms. The smallest absolute Gasteiger partial charge is 0.161 e. The molecule has 242 valence electrons. The van der Waals surface area contributed by atoms with Crippen LogP contribution in [0.3, 0.4) is 0 Å². The Morgan fingerprint density at radius 3 is 2.67 bits per heavy atom. The van der Waals surface area contributed by atoms with Gasteiger partial charge in [-0.2, -0.15) is 0 Å². The minimum atomic E-state index is -0.660. The molecule has 3 aromatic carbocycles. The predicted molar refractivity (Wildman–Crippen MR) is 177 cm³/mol. The lowest BCUT2D eigenvalue weighted by Gasteiger charge is -2.37. The van der Waals surface area contributed by atoms with Gasteiger partial charge in [-0.3, -0.25) is 4.90 Å². The van der Waals surface area contributed by atoms with Crippen LogP contribution in [0.25, 0.3) is 21.8 Å². The molecule has 1 aliphatic carbocycles. The maximum atomic E-state index is 10.5. The van der Waals surface area contributed by atoms with E-state index in [4.69, 9.17) is 18.9 Å². The zero-order valence-electron chi connectivity index (χ0n) is 26.2. The van der Waals surface area contributed by atoms with Crippen LogP contribution in [0, 0.1) is 0 Å². The molecule has 2 heterocycles. The number of nitrogens with one attached hydrogen (secondary N) is 2. The lowest BCUT2D eigenvalue weighted by Crippen LogP contribution is -2.46. The van der Waals surface area contributed by atoms with E-state index in [0.717, 1.165) is 71.9 Å². The fraction of sp³-hybridized carbons (Fsp3) is 0.500. The number of H-pyrrole nitrogens is 1. The molecule has 0 radical (unpaired) electrons. The lowest BCUT2D eigenvalue weighted by atomic mass is 9.91. The Hall–Kier alpha value is -3.34. The molecular weight excluding hydrogens is 570 g/mol. The SMILES string of the molecule is COc1cc(CCO[C@H]2CCCC[C@@H]2N2CC[C@@H](O)C2)ccc1OCCNCC(O)COc1cccc2[nH]c3ccccc3c12. The number of aromatic nitrogens is 1. The van der Waals surface area contributed by atoms with E-state index >= 15 is 0 Å². The Bertz CT molecular complexity index is 1530. The molecule has 45 heavy (non-hydrogen) atoms. The van der Waals surface area contributed by atoms with Gasteiger partial charge in [0.25, 0.3) is 0 Å². The van der Waals surface area contributed by atoms with Crippen LogP contribution in [0.1, 0.15) is 37.7 Å². The van der Waals surface area contributed by atoms with Crippen molar-refractivity contribution in [1.29, 1.82) is 0 Å². The van der Waals surface area contributed by atoms with Gasteiger partial charge in [0.2, 0.25) is 0 Å². The second-order valence-corrected chi connectivity index (χ2v) is 12.3. The second-order valence-electron chi connectivity index (χ2n) is 12.3. The van der Waals surface area contributed by atoms with Crippen LogP contribution in [0.15, 0.2) is 60.7 Å². The summed E-state index contributed by atoms with van der Waals surface area (Å²) >= 11 is 0. The summed E-state index contributed by atoms with van der Waals surface area (Å²) in [6.45, 7) is 4.00. The molecule has 0 spiro atoms. The van der Waals surface area contributed by atoms with Gasteiger partial charge in [0.15, 0.2) is 11.5 Å². The molecule has 9 nitrogen and oxygen atoms in total. The van der Waals surface area contributed by atoms with Gasteiger partial charge < -0.3 is 39.5 Å². The molecular formula is C36H47N3O6. The van der Waals surface area contributed by atoms with Gasteiger partial charge in [0.05, 0.1) is 31.4 Å². The van der Waals surface area contributed by atoms with Crippen molar-refractivity contribution in [3.63, 3.8) is 0 Å². The number of nitrogens with zero attached hydrogens (tertiary/aromatic N) is 1. The van der Waals surface area contributed by atoms with E-state index in [1.165, 1.54) is 12.8 Å². The van der Waals surface area contributed by atoms with E-state index in [-0.39, 0.29) is 18.8 Å². The van der Waals surface area contributed by atoms with Crippen molar-refractivity contribution in [2.45, 2.75) is 62.9 Å². The quantitative estimate of drug-likeness (QED) is 0.143. The van der Waals surface area contributed by atoms with Crippen LogP contribution < -0.4 is 19.5 Å². The van der Waals surface area contributed by atoms with Crippen molar-refractivity contribution < 1.29 is 29.2 Å². The number of aromatic amines is 1. The van der Waals surface area contributed by atoms with Gasteiger partial charge in [-0.25, -0.2) is 0 Å². The molecule has 1 saturated carbocycles. The Morgan fingerprint density at radius 1 is 0.933 bits per heavy atom. The Labute approximate surface area is 265 Å². The minimum absolute atomic E-state index is 0.189. The first-order valence-electron chi connectivity index (χ1n) is 16.4. The maximum absolute atomic E-state index is 10.5. The lowest BCUT2D eigenvalue weighted by molar-refractivity contribution is -0.0316. The molecule has 1 unspecified atom stereocenters. The summed E-state index contributed by atoms with van der Waals surface area (Å²) in [6, 6.07) is 20.6. The predicted octanol–water partition coefficient (Wildman–Crippen LogP) is 4.67. The molecule has 6 rings (SSSR count). The van der Waals surface area contributed by atoms with Crippen molar-refractivity contribution in [1.82, 2.24) is 15.2 Å². The van der Waals surface area contributed by atoms with Crippen molar-refractivity contribution in [3.8, 4) is 17.2 Å². The van der Waals surface area contributed by atoms with Crippen LogP contribution in [0.4, 0.5) is 0 Å². The summed E-state index contributed by atoms with van der Waals surface area (Å²) in [7, 11) is 1.66. The van der Waals surface area contributed by atoms with E-state index in [9.17, 15) is 10.2 Å². The zero-order chi connectivity index (χ0) is 31.0. The van der Waals surface area contributed by atoms with E-state index in [2.05, 4.69) is 33.4 Å². The molecule has 0 amide bonds. The van der Waals surface area contributed by atoms with E-state index < -0.39 is 6.10 Å². The normalized spacial score (nSPS) is 21.4. The van der Waals surface area contributed by atoms with Crippen molar-refractivity contribution in [2.24, 2.45) is 0 Å². The van der Waals surface area contributed by atoms with Gasteiger partial charge in [-0.1, -0.05) is 43.2 Å². The number of aliphatic hydroxyl groups is 2. The molecule has 1 aromatic heterocycles. The van der Waals surface area contributed by atoms with Gasteiger partial charge >= 0.3 is 0 Å². The number of hydrogen-bond donors (Lipinski definition) is 4. The molecule has 2 aliphatic rings. The van der Waals surface area contributed by atoms with Crippen LogP contribution >= 0.6 is 0 Å². The number of β-amino-alcohol motifs (C(OH)–C–C–N with tert-alkyl or cyclic N) is 1. The minimum Gasteiger partial charge on any atom is -0.493 e. The zero-order valence-corrected chi connectivity index (χ0v) is 26.2. The second kappa shape index (κ2) is 15.3. The van der Waals surface area contributed by atoms with Crippen molar-refractivity contribution in [3.05, 3.63) is 66.2 Å². The van der Waals surface area contributed by atoms with Crippen LogP contribution in [-0.2, 0) is 11.2 Å². The summed E-state index contributed by atoms with van der Waals surface area (Å²) in [6.07, 6.45) is 5.75. The third kappa shape index (κ3) is 7.91. The first-order chi connectivity index (χ1) is 22.1. The number of benzene rings is 3. The fourth-order valence-electron chi connectivity index (χ4n) is 6.81. The molecule has 0 bridgehead atoms. The molecule has 2 fully saturated rings. The number of methoxy groups -OCH3 is 1. The largest absolute Gasteiger partial charge is 0.493 e. The highest BCUT2D eigenvalue weighted by atomic mass is 16.5. The number of hydrogen-bond acceptors (Lipinski definition) is 8. The van der Waals surface area contributed by atoms with E-state index in [1.807, 2.05) is 42.5 Å². The summed E-state index contributed by atoms with van der Waals surface area (Å²) < 4.78 is 24.0. The van der Waals surface area contributed by atoms with Crippen molar-refractivity contribution >= 4 is 21.8 Å². The van der Waals surface area contributed by atoms with Gasteiger partial charge in [-0.05, 0) is 61.6 Å². The molecule has 4 aromatic rings. The molecule has 1 saturated heterocycles. The first-order valence-corrected chi connectivity index (χ1v) is 16.4. The average Bonchev–Trinajstić information content (AvgIpc) is 3.68. The van der Waals surface area contributed by atoms with Gasteiger partial charge in [0, 0.05) is 48.5 Å². The number of para-hydroxylation sites is 1. The highest BCUT2D eigenvalue weighted by Crippen LogP contribution is 2.33. The number of likely N-dealkylation sites (tertiary alicyclic amines) is 1. The Morgan fingerprint density at radius 2 is 1.80 bits per heavy atom. The number of rotatable bonds is 15. The maximum Gasteiger partial charge on any atom is 0.161 e. The Balaban J connectivity index is 0.910. The monoisotopic (exact) mass is 617 g/mol. The molecule has 4 N–H and O–H groups in total. The summed E-state index contributed by atoms with van der Waals surface area (Å²) in [5.74, 6) is 2.16. The van der Waals surface area contributed by atoms with E-state index in [1.54, 1.807) is 7.11 Å². The standard InChI is InChI=1S/C36H47N3O6/c1-42-35-21-25(16-19-43-32-11-5-4-10-31(32)39-18-15-26(40)23-39)13-14-33(35)44-20-17-37-22-27(41)24-45-34-12-6-9-30-36(34)28-7-2-3-8-29(28)38-30/h2-3,6-9,12-14,21,26-27,31-32,37-38,40-41H,4-5,10-11,15-20,22-24H2,1H3/t26-,27?,31+,32+/m1/s1.